The Bertz CT molecular complexity index is 1360. The topological polar surface area (TPSA) is 93.7 Å². The first-order valence-electron chi connectivity index (χ1n) is 12.3. The van der Waals surface area contributed by atoms with E-state index in [0.29, 0.717) is 17.2 Å². The zero-order chi connectivity index (χ0) is 26.8. The maximum atomic E-state index is 12.4. The number of hydrogen-bond donors (Lipinski definition) is 2. The van der Waals surface area contributed by atoms with E-state index in [1.165, 1.54) is 29.3 Å². The Morgan fingerprint density at radius 1 is 1.11 bits per heavy atom. The molecule has 0 amide bonds. The van der Waals surface area contributed by atoms with Crippen LogP contribution in [-0.2, 0) is 13.0 Å². The van der Waals surface area contributed by atoms with Crippen LogP contribution in [0, 0.1) is 17.3 Å². The normalized spacial score (nSPS) is 18.0. The number of halogens is 3. The van der Waals surface area contributed by atoms with E-state index in [1.807, 2.05) is 6.07 Å². The number of alkyl halides is 3. The first-order chi connectivity index (χ1) is 18.3. The van der Waals surface area contributed by atoms with Crippen LogP contribution in [-0.4, -0.2) is 41.1 Å². The predicted octanol–water partition coefficient (Wildman–Crippen LogP) is 4.14. The van der Waals surface area contributed by atoms with E-state index < -0.39 is 6.36 Å². The molecule has 2 heterocycles. The van der Waals surface area contributed by atoms with Gasteiger partial charge >= 0.3 is 6.36 Å². The fourth-order valence-electron chi connectivity index (χ4n) is 5.33. The molecular formula is C28H27F3N4O3. The molecule has 1 saturated heterocycles. The van der Waals surface area contributed by atoms with Crippen molar-refractivity contribution in [1.82, 2.24) is 9.97 Å². The third kappa shape index (κ3) is 5.54. The number of nitrogens with two attached hydrogens (primary N) is 1. The van der Waals surface area contributed by atoms with Crippen molar-refractivity contribution in [2.45, 2.75) is 38.3 Å². The molecule has 0 unspecified atom stereocenters. The lowest BCUT2D eigenvalue weighted by Gasteiger charge is -2.42. The van der Waals surface area contributed by atoms with Gasteiger partial charge in [0.05, 0.1) is 12.8 Å². The largest absolute Gasteiger partial charge is 0.573 e. The Balaban J connectivity index is 1.20. The number of benzene rings is 2. The Kier molecular flexibility index (Phi) is 7.15. The molecule has 2 aromatic carbocycles. The summed E-state index contributed by atoms with van der Waals surface area (Å²) in [5, 5.41) is 9.95. The van der Waals surface area contributed by atoms with E-state index in [2.05, 4.69) is 49.6 Å². The summed E-state index contributed by atoms with van der Waals surface area (Å²) in [7, 11) is 0. The molecule has 0 bridgehead atoms. The highest BCUT2D eigenvalue weighted by molar-refractivity contribution is 5.47. The lowest BCUT2D eigenvalue weighted by Crippen LogP contribution is -2.45. The number of rotatable bonds is 5. The van der Waals surface area contributed by atoms with Gasteiger partial charge in [-0.2, -0.15) is 0 Å². The molecule has 1 aliphatic heterocycles. The second kappa shape index (κ2) is 10.5. The van der Waals surface area contributed by atoms with Crippen molar-refractivity contribution in [3.8, 4) is 23.3 Å². The molecule has 3 N–H and O–H groups in total. The molecule has 198 valence electrons. The van der Waals surface area contributed by atoms with Gasteiger partial charge in [-0.25, -0.2) is 9.97 Å². The quantitative estimate of drug-likeness (QED) is 0.485. The van der Waals surface area contributed by atoms with Gasteiger partial charge in [-0.3, -0.25) is 0 Å². The molecular weight excluding hydrogens is 497 g/mol. The van der Waals surface area contributed by atoms with Crippen LogP contribution in [0.25, 0.3) is 0 Å². The molecule has 0 radical (unpaired) electrons. The van der Waals surface area contributed by atoms with Crippen LogP contribution in [0.3, 0.4) is 0 Å². The van der Waals surface area contributed by atoms with Gasteiger partial charge in [0.25, 0.3) is 0 Å². The summed E-state index contributed by atoms with van der Waals surface area (Å²) in [5.74, 6) is 6.04. The van der Waals surface area contributed by atoms with Gasteiger partial charge in [-0.1, -0.05) is 36.3 Å². The summed E-state index contributed by atoms with van der Waals surface area (Å²) < 4.78 is 46.4. The van der Waals surface area contributed by atoms with Crippen molar-refractivity contribution in [3.05, 3.63) is 77.2 Å². The van der Waals surface area contributed by atoms with Crippen molar-refractivity contribution < 1.29 is 27.8 Å². The molecule has 38 heavy (non-hydrogen) atoms. The fourth-order valence-corrected chi connectivity index (χ4v) is 5.33. The Morgan fingerprint density at radius 2 is 1.87 bits per heavy atom. The Hall–Kier alpha value is -3.81. The van der Waals surface area contributed by atoms with E-state index in [-0.39, 0.29) is 36.2 Å². The van der Waals surface area contributed by atoms with Crippen molar-refractivity contribution in [1.29, 1.82) is 0 Å². The third-order valence-electron chi connectivity index (χ3n) is 7.19. The van der Waals surface area contributed by atoms with Crippen LogP contribution >= 0.6 is 0 Å². The zero-order valence-electron chi connectivity index (χ0n) is 20.5. The molecule has 1 spiro atoms. The van der Waals surface area contributed by atoms with Crippen LogP contribution in [0.2, 0.25) is 0 Å². The maximum Gasteiger partial charge on any atom is 0.573 e. The zero-order valence-corrected chi connectivity index (χ0v) is 20.5. The number of anilines is 1. The second-order valence-corrected chi connectivity index (χ2v) is 9.50. The first-order valence-corrected chi connectivity index (χ1v) is 12.3. The minimum Gasteiger partial charge on any atom is -0.481 e. The summed E-state index contributed by atoms with van der Waals surface area (Å²) in [4.78, 5) is 11.1. The molecule has 2 aliphatic rings. The highest BCUT2D eigenvalue weighted by atomic mass is 19.4. The van der Waals surface area contributed by atoms with E-state index in [9.17, 15) is 18.3 Å². The van der Waals surface area contributed by atoms with E-state index in [0.717, 1.165) is 38.4 Å². The Labute approximate surface area is 218 Å². The van der Waals surface area contributed by atoms with Crippen LogP contribution in [0.5, 0.6) is 11.5 Å². The van der Waals surface area contributed by atoms with Crippen LogP contribution in [0.15, 0.2) is 54.7 Å². The van der Waals surface area contributed by atoms with E-state index in [4.69, 9.17) is 10.5 Å². The number of hydrogen-bond acceptors (Lipinski definition) is 7. The van der Waals surface area contributed by atoms with Gasteiger partial charge in [0.2, 0.25) is 0 Å². The molecule has 1 fully saturated rings. The lowest BCUT2D eigenvalue weighted by atomic mass is 9.73. The molecule has 1 aromatic heterocycles. The number of nitrogens with zero attached hydrogens (tertiary/aromatic N) is 3. The van der Waals surface area contributed by atoms with Gasteiger partial charge in [-0.05, 0) is 53.9 Å². The smallest absolute Gasteiger partial charge is 0.481 e. The van der Waals surface area contributed by atoms with Crippen LogP contribution in [0.4, 0.5) is 19.0 Å². The van der Waals surface area contributed by atoms with Gasteiger partial charge in [0.15, 0.2) is 5.82 Å². The minimum absolute atomic E-state index is 0.0174. The van der Waals surface area contributed by atoms with Crippen molar-refractivity contribution in [3.63, 3.8) is 0 Å². The molecule has 1 aliphatic carbocycles. The fraction of sp³-hybridized carbons (Fsp3) is 0.357. The SMILES string of the molecule is N[C@@H]1c2ccccc2CC12CCN(c1ncc(C#CCOc3cccc(OC(F)(F)F)c3)nc1CO)CC2. The number of aliphatic hydroxyl groups is 1. The summed E-state index contributed by atoms with van der Waals surface area (Å²) in [6, 6.07) is 13.6. The van der Waals surface area contributed by atoms with Gasteiger partial charge in [0, 0.05) is 25.2 Å². The van der Waals surface area contributed by atoms with Gasteiger partial charge in [-0.15, -0.1) is 13.2 Å². The number of aromatic nitrogens is 2. The average Bonchev–Trinajstić information content (AvgIpc) is 3.17. The van der Waals surface area contributed by atoms with E-state index >= 15 is 0 Å². The van der Waals surface area contributed by atoms with Crippen molar-refractivity contribution >= 4 is 5.82 Å². The summed E-state index contributed by atoms with van der Waals surface area (Å²) >= 11 is 0. The molecule has 5 rings (SSSR count). The molecule has 0 saturated carbocycles. The number of piperidine rings is 1. The van der Waals surface area contributed by atoms with Gasteiger partial charge < -0.3 is 25.2 Å². The Morgan fingerprint density at radius 3 is 2.61 bits per heavy atom. The van der Waals surface area contributed by atoms with E-state index in [1.54, 1.807) is 6.20 Å². The number of fused-ring (bicyclic) bond motifs is 1. The molecule has 1 atom stereocenters. The minimum atomic E-state index is -4.78. The highest BCUT2D eigenvalue weighted by Crippen LogP contribution is 2.51. The molecule has 7 nitrogen and oxygen atoms in total. The maximum absolute atomic E-state index is 12.4. The lowest BCUT2D eigenvalue weighted by molar-refractivity contribution is -0.274. The third-order valence-corrected chi connectivity index (χ3v) is 7.19. The van der Waals surface area contributed by atoms with Gasteiger partial charge in [0.1, 0.15) is 29.5 Å². The van der Waals surface area contributed by atoms with Crippen molar-refractivity contribution in [2.24, 2.45) is 11.1 Å². The monoisotopic (exact) mass is 524 g/mol. The molecule has 3 aromatic rings. The average molecular weight is 525 g/mol. The summed E-state index contributed by atoms with van der Waals surface area (Å²) in [5.41, 5.74) is 10.1. The standard InChI is InChI=1S/C28H27F3N4O3/c29-28(30,31)38-22-8-3-7-21(15-22)37-14-4-6-20-17-33-26(24(18-36)34-20)35-12-10-27(11-13-35)16-19-5-1-2-9-23(19)25(27)32/h1-3,5,7-9,15,17,25,36H,10-14,16,18,32H2/t25-/m1/s1. The second-order valence-electron chi connectivity index (χ2n) is 9.50. The molecule has 10 heteroatoms. The number of ether oxygens (including phenoxy) is 2. The first kappa shape index (κ1) is 25.8. The highest BCUT2D eigenvalue weighted by Gasteiger charge is 2.46. The summed E-state index contributed by atoms with van der Waals surface area (Å²) in [6.45, 7) is 1.16. The van der Waals surface area contributed by atoms with Crippen molar-refractivity contribution in [2.75, 3.05) is 24.6 Å². The predicted molar refractivity (Wildman–Crippen MR) is 134 cm³/mol. The van der Waals surface area contributed by atoms with Crippen LogP contribution < -0.4 is 20.1 Å². The summed E-state index contributed by atoms with van der Waals surface area (Å²) in [6.07, 6.45) is -0.417. The van der Waals surface area contributed by atoms with Crippen LogP contribution in [0.1, 0.15) is 41.4 Å². The number of aliphatic hydroxyl groups excluding tert-OH is 1.